The van der Waals surface area contributed by atoms with E-state index >= 15 is 0 Å². The van der Waals surface area contributed by atoms with Crippen LogP contribution >= 0.6 is 11.8 Å². The zero-order chi connectivity index (χ0) is 14.3. The van der Waals surface area contributed by atoms with Crippen molar-refractivity contribution in [1.82, 2.24) is 0 Å². The van der Waals surface area contributed by atoms with E-state index in [9.17, 15) is 9.59 Å². The third kappa shape index (κ3) is 2.18. The Morgan fingerprint density at radius 1 is 1.15 bits per heavy atom. The van der Waals surface area contributed by atoms with Gasteiger partial charge in [-0.2, -0.15) is 0 Å². The third-order valence-corrected chi connectivity index (χ3v) is 4.90. The predicted octanol–water partition coefficient (Wildman–Crippen LogP) is 3.35. The van der Waals surface area contributed by atoms with Gasteiger partial charge in [-0.05, 0) is 38.3 Å². The second kappa shape index (κ2) is 5.09. The van der Waals surface area contributed by atoms with Crippen molar-refractivity contribution in [3.63, 3.8) is 0 Å². The second-order valence-electron chi connectivity index (χ2n) is 5.37. The Kier molecular flexibility index (Phi) is 3.42. The summed E-state index contributed by atoms with van der Waals surface area (Å²) in [5.74, 6) is 0.709. The number of hydrogen-bond donors (Lipinski definition) is 0. The van der Waals surface area contributed by atoms with E-state index in [-0.39, 0.29) is 11.7 Å². The lowest BCUT2D eigenvalue weighted by molar-refractivity contribution is -0.115. The standard InChI is InChI=1S/C16H17NO2S/c1-10-6-7-13(11(2)8-10)17-15(19)9-20-16(17)12-4-3-5-14(12)18/h6-8H,3-5,9H2,1-2H3. The first-order chi connectivity index (χ1) is 9.58. The molecule has 1 amide bonds. The lowest BCUT2D eigenvalue weighted by atomic mass is 10.1. The number of amides is 1. The minimum absolute atomic E-state index is 0.0733. The highest BCUT2D eigenvalue weighted by Gasteiger charge is 2.34. The first kappa shape index (κ1) is 13.4. The number of benzene rings is 1. The monoisotopic (exact) mass is 287 g/mol. The molecular weight excluding hydrogens is 270 g/mol. The van der Waals surface area contributed by atoms with Crippen molar-refractivity contribution >= 4 is 29.1 Å². The maximum absolute atomic E-state index is 12.2. The van der Waals surface area contributed by atoms with Crippen molar-refractivity contribution in [2.75, 3.05) is 10.7 Å². The molecule has 1 aromatic carbocycles. The van der Waals surface area contributed by atoms with Crippen LogP contribution in [0.3, 0.4) is 0 Å². The van der Waals surface area contributed by atoms with Crippen LogP contribution < -0.4 is 4.90 Å². The van der Waals surface area contributed by atoms with Crippen molar-refractivity contribution in [3.8, 4) is 0 Å². The second-order valence-corrected chi connectivity index (χ2v) is 6.33. The Bertz CT molecular complexity index is 633. The zero-order valence-corrected chi connectivity index (χ0v) is 12.5. The lowest BCUT2D eigenvalue weighted by Gasteiger charge is -2.21. The number of hydrogen-bond acceptors (Lipinski definition) is 3. The predicted molar refractivity (Wildman–Crippen MR) is 81.7 cm³/mol. The summed E-state index contributed by atoms with van der Waals surface area (Å²) in [6.07, 6.45) is 2.33. The molecule has 0 spiro atoms. The molecule has 0 unspecified atom stereocenters. The molecule has 1 saturated heterocycles. The van der Waals surface area contributed by atoms with Crippen molar-refractivity contribution in [1.29, 1.82) is 0 Å². The lowest BCUT2D eigenvalue weighted by Crippen LogP contribution is -2.26. The maximum Gasteiger partial charge on any atom is 0.242 e. The van der Waals surface area contributed by atoms with Crippen LogP contribution in [0.25, 0.3) is 0 Å². The van der Waals surface area contributed by atoms with E-state index in [2.05, 4.69) is 6.07 Å². The molecule has 0 aromatic heterocycles. The van der Waals surface area contributed by atoms with Crippen LogP contribution in [0.1, 0.15) is 30.4 Å². The van der Waals surface area contributed by atoms with Gasteiger partial charge in [0.05, 0.1) is 16.5 Å². The average Bonchev–Trinajstić information content (AvgIpc) is 2.96. The Morgan fingerprint density at radius 3 is 2.60 bits per heavy atom. The van der Waals surface area contributed by atoms with Crippen LogP contribution in [-0.4, -0.2) is 17.4 Å². The van der Waals surface area contributed by atoms with Gasteiger partial charge in [-0.1, -0.05) is 29.5 Å². The third-order valence-electron chi connectivity index (χ3n) is 3.80. The molecule has 0 atom stereocenters. The number of ketones is 1. The van der Waals surface area contributed by atoms with Gasteiger partial charge in [-0.15, -0.1) is 0 Å². The molecular formula is C16H17NO2S. The fraction of sp³-hybridized carbons (Fsp3) is 0.375. The summed E-state index contributed by atoms with van der Waals surface area (Å²) in [6, 6.07) is 6.07. The number of Topliss-reactive ketones (excluding diaryl/α,β-unsaturated/α-hetero) is 1. The molecule has 4 heteroatoms. The van der Waals surface area contributed by atoms with Crippen LogP contribution in [0.2, 0.25) is 0 Å². The van der Waals surface area contributed by atoms with E-state index in [0.29, 0.717) is 12.2 Å². The van der Waals surface area contributed by atoms with Gasteiger partial charge in [-0.3, -0.25) is 14.5 Å². The summed E-state index contributed by atoms with van der Waals surface area (Å²) in [5.41, 5.74) is 4.01. The smallest absolute Gasteiger partial charge is 0.242 e. The molecule has 1 saturated carbocycles. The van der Waals surface area contributed by atoms with Crippen molar-refractivity contribution in [2.45, 2.75) is 33.1 Å². The molecule has 1 heterocycles. The minimum atomic E-state index is 0.0733. The summed E-state index contributed by atoms with van der Waals surface area (Å²) in [4.78, 5) is 26.0. The van der Waals surface area contributed by atoms with E-state index in [1.807, 2.05) is 26.0 Å². The first-order valence-electron chi connectivity index (χ1n) is 6.87. The number of aryl methyl sites for hydroxylation is 2. The topological polar surface area (TPSA) is 37.4 Å². The van der Waals surface area contributed by atoms with Gasteiger partial charge in [0.2, 0.25) is 5.91 Å². The largest absolute Gasteiger partial charge is 0.294 e. The normalized spacial score (nSPS) is 23.0. The molecule has 3 rings (SSSR count). The number of thioether (sulfide) groups is 1. The molecule has 20 heavy (non-hydrogen) atoms. The minimum Gasteiger partial charge on any atom is -0.294 e. The first-order valence-corrected chi connectivity index (χ1v) is 7.86. The number of carbonyl (C=O) groups excluding carboxylic acids is 2. The van der Waals surface area contributed by atoms with E-state index in [1.165, 1.54) is 17.3 Å². The molecule has 1 aliphatic heterocycles. The summed E-state index contributed by atoms with van der Waals surface area (Å²) in [6.45, 7) is 4.05. The summed E-state index contributed by atoms with van der Waals surface area (Å²) in [7, 11) is 0. The van der Waals surface area contributed by atoms with E-state index in [4.69, 9.17) is 0 Å². The van der Waals surface area contributed by atoms with Gasteiger partial charge in [0, 0.05) is 12.0 Å². The fourth-order valence-electron chi connectivity index (χ4n) is 2.84. The van der Waals surface area contributed by atoms with E-state index in [0.717, 1.165) is 34.7 Å². The molecule has 3 nitrogen and oxygen atoms in total. The molecule has 0 bridgehead atoms. The van der Waals surface area contributed by atoms with Crippen LogP contribution in [0.4, 0.5) is 5.69 Å². The van der Waals surface area contributed by atoms with Gasteiger partial charge >= 0.3 is 0 Å². The summed E-state index contributed by atoms with van der Waals surface area (Å²) >= 11 is 1.50. The number of carbonyl (C=O) groups is 2. The Labute approximate surface area is 123 Å². The van der Waals surface area contributed by atoms with Crippen LogP contribution in [0.15, 0.2) is 28.8 Å². The number of anilines is 1. The van der Waals surface area contributed by atoms with Gasteiger partial charge in [0.15, 0.2) is 5.78 Å². The van der Waals surface area contributed by atoms with Crippen LogP contribution in [0, 0.1) is 13.8 Å². The van der Waals surface area contributed by atoms with Crippen molar-refractivity contribution < 1.29 is 9.59 Å². The number of nitrogens with zero attached hydrogens (tertiary/aromatic N) is 1. The molecule has 2 fully saturated rings. The highest BCUT2D eigenvalue weighted by molar-refractivity contribution is 8.04. The number of allylic oxidation sites excluding steroid dienone is 1. The van der Waals surface area contributed by atoms with Gasteiger partial charge in [-0.25, -0.2) is 0 Å². The number of rotatable bonds is 1. The fourth-order valence-corrected chi connectivity index (χ4v) is 3.95. The summed E-state index contributed by atoms with van der Waals surface area (Å²) in [5, 5.41) is 0.865. The average molecular weight is 287 g/mol. The van der Waals surface area contributed by atoms with Crippen molar-refractivity contribution in [3.05, 3.63) is 39.9 Å². The SMILES string of the molecule is Cc1ccc(N2C(=O)CSC2=C2CCCC2=O)c(C)c1. The highest BCUT2D eigenvalue weighted by atomic mass is 32.2. The molecule has 1 aliphatic carbocycles. The Hall–Kier alpha value is -1.55. The van der Waals surface area contributed by atoms with Crippen molar-refractivity contribution in [2.24, 2.45) is 0 Å². The van der Waals surface area contributed by atoms with Gasteiger partial charge < -0.3 is 0 Å². The van der Waals surface area contributed by atoms with Gasteiger partial charge in [0.25, 0.3) is 0 Å². The quantitative estimate of drug-likeness (QED) is 0.743. The van der Waals surface area contributed by atoms with Crippen LogP contribution in [0.5, 0.6) is 0 Å². The van der Waals surface area contributed by atoms with E-state index in [1.54, 1.807) is 4.90 Å². The maximum atomic E-state index is 12.2. The molecule has 2 aliphatic rings. The molecule has 0 N–H and O–H groups in total. The van der Waals surface area contributed by atoms with E-state index < -0.39 is 0 Å². The molecule has 1 aromatic rings. The summed E-state index contributed by atoms with van der Waals surface area (Å²) < 4.78 is 0. The van der Waals surface area contributed by atoms with Gasteiger partial charge in [0.1, 0.15) is 0 Å². The Morgan fingerprint density at radius 2 is 1.95 bits per heavy atom. The molecule has 0 radical (unpaired) electrons. The molecule has 104 valence electrons. The Balaban J connectivity index is 2.09. The highest BCUT2D eigenvalue weighted by Crippen LogP contribution is 2.40. The van der Waals surface area contributed by atoms with Crippen LogP contribution in [-0.2, 0) is 9.59 Å². The zero-order valence-electron chi connectivity index (χ0n) is 11.7.